The SMILES string of the molecule is CNC(CC1CC1)c1cc(Br)sc1C. The molecule has 0 saturated heterocycles. The third-order valence-electron chi connectivity index (χ3n) is 2.92. The average molecular weight is 274 g/mol. The Morgan fingerprint density at radius 3 is 2.79 bits per heavy atom. The number of aryl methyl sites for hydroxylation is 1. The molecule has 0 spiro atoms. The van der Waals surface area contributed by atoms with Gasteiger partial charge in [-0.1, -0.05) is 12.8 Å². The summed E-state index contributed by atoms with van der Waals surface area (Å²) in [6, 6.07) is 2.83. The van der Waals surface area contributed by atoms with Crippen LogP contribution in [0.25, 0.3) is 0 Å². The van der Waals surface area contributed by atoms with Crippen molar-refractivity contribution < 1.29 is 0 Å². The maximum atomic E-state index is 3.55. The van der Waals surface area contributed by atoms with Crippen LogP contribution in [-0.4, -0.2) is 7.05 Å². The average Bonchev–Trinajstić information content (AvgIpc) is 2.89. The minimum absolute atomic E-state index is 0.560. The fraction of sp³-hybridized carbons (Fsp3) is 0.636. The molecule has 1 aliphatic carbocycles. The van der Waals surface area contributed by atoms with E-state index in [1.807, 2.05) is 11.3 Å². The molecule has 3 heteroatoms. The molecule has 1 heterocycles. The van der Waals surface area contributed by atoms with Crippen molar-refractivity contribution in [3.8, 4) is 0 Å². The zero-order valence-corrected chi connectivity index (χ0v) is 11.0. The Hall–Kier alpha value is 0.140. The van der Waals surface area contributed by atoms with Crippen molar-refractivity contribution in [2.45, 2.75) is 32.2 Å². The summed E-state index contributed by atoms with van der Waals surface area (Å²) in [6.07, 6.45) is 4.17. The van der Waals surface area contributed by atoms with Gasteiger partial charge >= 0.3 is 0 Å². The van der Waals surface area contributed by atoms with E-state index in [1.54, 1.807) is 0 Å². The molecule has 1 nitrogen and oxygen atoms in total. The summed E-state index contributed by atoms with van der Waals surface area (Å²) in [5.74, 6) is 0.977. The van der Waals surface area contributed by atoms with Crippen LogP contribution in [0.4, 0.5) is 0 Å². The Kier molecular flexibility index (Phi) is 3.30. The minimum Gasteiger partial charge on any atom is -0.313 e. The van der Waals surface area contributed by atoms with Crippen LogP contribution in [0.15, 0.2) is 9.85 Å². The highest BCUT2D eigenvalue weighted by atomic mass is 79.9. The second-order valence-corrected chi connectivity index (χ2v) is 6.72. The maximum Gasteiger partial charge on any atom is 0.0704 e. The summed E-state index contributed by atoms with van der Waals surface area (Å²) in [5, 5.41) is 3.43. The summed E-state index contributed by atoms with van der Waals surface area (Å²) >= 11 is 5.39. The quantitative estimate of drug-likeness (QED) is 0.878. The van der Waals surface area contributed by atoms with Gasteiger partial charge in [0.05, 0.1) is 3.79 Å². The predicted octanol–water partition coefficient (Wildman–Crippen LogP) is 3.88. The van der Waals surface area contributed by atoms with E-state index in [-0.39, 0.29) is 0 Å². The molecule has 1 N–H and O–H groups in total. The van der Waals surface area contributed by atoms with Crippen molar-refractivity contribution in [3.63, 3.8) is 0 Å². The van der Waals surface area contributed by atoms with E-state index in [4.69, 9.17) is 0 Å². The lowest BCUT2D eigenvalue weighted by molar-refractivity contribution is 0.514. The van der Waals surface area contributed by atoms with Gasteiger partial charge in [-0.05, 0) is 53.9 Å². The van der Waals surface area contributed by atoms with Gasteiger partial charge < -0.3 is 5.32 Å². The van der Waals surface area contributed by atoms with E-state index >= 15 is 0 Å². The second-order valence-electron chi connectivity index (χ2n) is 4.08. The highest BCUT2D eigenvalue weighted by Gasteiger charge is 2.26. The number of hydrogen-bond donors (Lipinski definition) is 1. The largest absolute Gasteiger partial charge is 0.313 e. The number of hydrogen-bond acceptors (Lipinski definition) is 2. The molecule has 1 atom stereocenters. The van der Waals surface area contributed by atoms with Crippen LogP contribution in [0.3, 0.4) is 0 Å². The molecule has 0 aromatic carbocycles. The Morgan fingerprint density at radius 1 is 1.64 bits per heavy atom. The fourth-order valence-corrected chi connectivity index (χ4v) is 3.66. The van der Waals surface area contributed by atoms with Crippen LogP contribution in [0.2, 0.25) is 0 Å². The van der Waals surface area contributed by atoms with Crippen molar-refractivity contribution in [2.75, 3.05) is 7.05 Å². The first-order chi connectivity index (χ1) is 6.70. The molecule has 0 bridgehead atoms. The molecule has 1 aromatic heterocycles. The summed E-state index contributed by atoms with van der Waals surface area (Å²) < 4.78 is 1.25. The lowest BCUT2D eigenvalue weighted by Crippen LogP contribution is -2.17. The summed E-state index contributed by atoms with van der Waals surface area (Å²) in [6.45, 7) is 2.21. The molecule has 1 unspecified atom stereocenters. The fourth-order valence-electron chi connectivity index (χ4n) is 1.89. The van der Waals surface area contributed by atoms with Crippen LogP contribution in [0, 0.1) is 12.8 Å². The summed E-state index contributed by atoms with van der Waals surface area (Å²) in [5.41, 5.74) is 1.48. The molecule has 0 radical (unpaired) electrons. The third kappa shape index (κ3) is 2.38. The number of rotatable bonds is 4. The lowest BCUT2D eigenvalue weighted by atomic mass is 10.0. The molecule has 1 saturated carbocycles. The Bertz CT molecular complexity index is 317. The van der Waals surface area contributed by atoms with Gasteiger partial charge in [-0.25, -0.2) is 0 Å². The van der Waals surface area contributed by atoms with E-state index in [0.717, 1.165) is 5.92 Å². The summed E-state index contributed by atoms with van der Waals surface area (Å²) in [4.78, 5) is 1.44. The Labute approximate surface area is 98.0 Å². The zero-order chi connectivity index (χ0) is 10.1. The molecular formula is C11H16BrNS. The van der Waals surface area contributed by atoms with Gasteiger partial charge in [-0.15, -0.1) is 11.3 Å². The normalized spacial score (nSPS) is 18.5. The van der Waals surface area contributed by atoms with Crippen molar-refractivity contribution in [3.05, 3.63) is 20.3 Å². The first kappa shape index (κ1) is 10.7. The van der Waals surface area contributed by atoms with Crippen molar-refractivity contribution in [2.24, 2.45) is 5.92 Å². The smallest absolute Gasteiger partial charge is 0.0704 e. The molecule has 78 valence electrons. The Morgan fingerprint density at radius 2 is 2.36 bits per heavy atom. The van der Waals surface area contributed by atoms with E-state index < -0.39 is 0 Å². The van der Waals surface area contributed by atoms with E-state index in [0.29, 0.717) is 6.04 Å². The standard InChI is InChI=1S/C11H16BrNS/c1-7-9(6-11(12)14-7)10(13-2)5-8-3-4-8/h6,8,10,13H,3-5H2,1-2H3. The highest BCUT2D eigenvalue weighted by molar-refractivity contribution is 9.11. The van der Waals surface area contributed by atoms with E-state index in [1.165, 1.54) is 33.5 Å². The van der Waals surface area contributed by atoms with Crippen molar-refractivity contribution >= 4 is 27.3 Å². The lowest BCUT2D eigenvalue weighted by Gasteiger charge is -2.15. The van der Waals surface area contributed by atoms with Gasteiger partial charge in [0.15, 0.2) is 0 Å². The second kappa shape index (κ2) is 4.33. The van der Waals surface area contributed by atoms with Gasteiger partial charge in [-0.2, -0.15) is 0 Å². The highest BCUT2D eigenvalue weighted by Crippen LogP contribution is 2.40. The van der Waals surface area contributed by atoms with Crippen LogP contribution in [0.1, 0.15) is 35.7 Å². The van der Waals surface area contributed by atoms with Gasteiger partial charge in [0.25, 0.3) is 0 Å². The molecule has 1 fully saturated rings. The molecule has 1 aromatic rings. The molecule has 14 heavy (non-hydrogen) atoms. The Balaban J connectivity index is 2.12. The summed E-state index contributed by atoms with van der Waals surface area (Å²) in [7, 11) is 2.07. The minimum atomic E-state index is 0.560. The topological polar surface area (TPSA) is 12.0 Å². The monoisotopic (exact) mass is 273 g/mol. The first-order valence-corrected chi connectivity index (χ1v) is 6.74. The van der Waals surface area contributed by atoms with Gasteiger partial charge in [0, 0.05) is 10.9 Å². The van der Waals surface area contributed by atoms with Gasteiger partial charge in [0.1, 0.15) is 0 Å². The maximum absolute atomic E-state index is 3.55. The van der Waals surface area contributed by atoms with Crippen molar-refractivity contribution in [1.29, 1.82) is 0 Å². The van der Waals surface area contributed by atoms with Crippen LogP contribution in [0.5, 0.6) is 0 Å². The van der Waals surface area contributed by atoms with E-state index in [9.17, 15) is 0 Å². The van der Waals surface area contributed by atoms with Crippen LogP contribution < -0.4 is 5.32 Å². The molecular weight excluding hydrogens is 258 g/mol. The zero-order valence-electron chi connectivity index (χ0n) is 8.64. The number of thiophene rings is 1. The molecule has 2 rings (SSSR count). The molecule has 0 aliphatic heterocycles. The first-order valence-electron chi connectivity index (χ1n) is 5.13. The van der Waals surface area contributed by atoms with Crippen LogP contribution in [-0.2, 0) is 0 Å². The predicted molar refractivity (Wildman–Crippen MR) is 65.9 cm³/mol. The van der Waals surface area contributed by atoms with Gasteiger partial charge in [-0.3, -0.25) is 0 Å². The van der Waals surface area contributed by atoms with E-state index in [2.05, 4.69) is 41.3 Å². The third-order valence-corrected chi connectivity index (χ3v) is 4.49. The number of nitrogens with one attached hydrogen (secondary N) is 1. The van der Waals surface area contributed by atoms with Gasteiger partial charge in [0.2, 0.25) is 0 Å². The molecule has 0 amide bonds. The van der Waals surface area contributed by atoms with Crippen LogP contribution >= 0.6 is 27.3 Å². The number of halogens is 1. The molecule has 1 aliphatic rings. The van der Waals surface area contributed by atoms with Crippen molar-refractivity contribution in [1.82, 2.24) is 5.32 Å².